The maximum Gasteiger partial charge on any atom is 0.226 e. The van der Waals surface area contributed by atoms with Crippen molar-refractivity contribution >= 4 is 11.9 Å². The minimum atomic E-state index is -0.237. The van der Waals surface area contributed by atoms with E-state index in [-0.39, 0.29) is 23.7 Å². The van der Waals surface area contributed by atoms with E-state index < -0.39 is 0 Å². The first-order valence-corrected chi connectivity index (χ1v) is 10.9. The highest BCUT2D eigenvalue weighted by molar-refractivity contribution is 5.79. The molecule has 0 spiro atoms. The number of aromatic nitrogens is 2. The van der Waals surface area contributed by atoms with Crippen molar-refractivity contribution in [2.45, 2.75) is 38.3 Å². The van der Waals surface area contributed by atoms with E-state index in [1.54, 1.807) is 24.5 Å². The molecule has 3 heterocycles. The van der Waals surface area contributed by atoms with Crippen LogP contribution in [0.15, 0.2) is 42.7 Å². The van der Waals surface area contributed by atoms with E-state index in [0.717, 1.165) is 57.8 Å². The molecule has 0 bridgehead atoms. The molecule has 4 rings (SSSR count). The molecule has 0 aliphatic carbocycles. The zero-order chi connectivity index (χ0) is 20.9. The molecule has 1 aromatic heterocycles. The number of piperidine rings is 2. The van der Waals surface area contributed by atoms with Gasteiger partial charge in [0.05, 0.1) is 0 Å². The lowest BCUT2D eigenvalue weighted by Gasteiger charge is -2.40. The van der Waals surface area contributed by atoms with Crippen LogP contribution in [0.5, 0.6) is 0 Å². The Labute approximate surface area is 177 Å². The molecule has 30 heavy (non-hydrogen) atoms. The highest BCUT2D eigenvalue weighted by Crippen LogP contribution is 2.27. The Kier molecular flexibility index (Phi) is 6.57. The lowest BCUT2D eigenvalue weighted by atomic mass is 9.93. The van der Waals surface area contributed by atoms with Crippen LogP contribution in [-0.4, -0.2) is 64.9 Å². The Hall–Kier alpha value is -2.54. The summed E-state index contributed by atoms with van der Waals surface area (Å²) >= 11 is 0. The van der Waals surface area contributed by atoms with Gasteiger partial charge in [0.2, 0.25) is 11.9 Å². The molecule has 2 aliphatic rings. The summed E-state index contributed by atoms with van der Waals surface area (Å²) in [4.78, 5) is 28.6. The first-order chi connectivity index (χ1) is 14.6. The number of carbonyl (C=O) groups is 1. The maximum atomic E-state index is 14.4. The minimum absolute atomic E-state index is 0.0311. The molecule has 2 saturated heterocycles. The molecule has 160 valence electrons. The fourth-order valence-electron chi connectivity index (χ4n) is 4.52. The third-order valence-corrected chi connectivity index (χ3v) is 6.39. The Morgan fingerprint density at radius 2 is 1.70 bits per heavy atom. The molecule has 0 saturated carbocycles. The Balaban J connectivity index is 1.46. The van der Waals surface area contributed by atoms with Crippen molar-refractivity contribution in [1.82, 2.24) is 19.8 Å². The number of halogens is 1. The van der Waals surface area contributed by atoms with Gasteiger partial charge in [0.25, 0.3) is 0 Å². The first kappa shape index (κ1) is 20.7. The fourth-order valence-corrected chi connectivity index (χ4v) is 4.52. The van der Waals surface area contributed by atoms with E-state index in [4.69, 9.17) is 0 Å². The van der Waals surface area contributed by atoms with Crippen LogP contribution >= 0.6 is 0 Å². The molecule has 2 aromatic rings. The molecular weight excluding hydrogens is 381 g/mol. The summed E-state index contributed by atoms with van der Waals surface area (Å²) in [5.74, 6) is 0.624. The van der Waals surface area contributed by atoms with E-state index >= 15 is 0 Å². The van der Waals surface area contributed by atoms with Crippen LogP contribution < -0.4 is 4.90 Å². The average molecular weight is 412 g/mol. The van der Waals surface area contributed by atoms with Gasteiger partial charge >= 0.3 is 0 Å². The third-order valence-electron chi connectivity index (χ3n) is 6.39. The van der Waals surface area contributed by atoms with Crippen molar-refractivity contribution in [3.8, 4) is 0 Å². The maximum absolute atomic E-state index is 14.4. The summed E-state index contributed by atoms with van der Waals surface area (Å²) in [6.45, 7) is 3.82. The van der Waals surface area contributed by atoms with Gasteiger partial charge in [0.15, 0.2) is 0 Å². The second-order valence-electron chi connectivity index (χ2n) is 8.40. The number of nitrogens with zero attached hydrogens (tertiary/aromatic N) is 5. The molecule has 0 unspecified atom stereocenters. The molecule has 2 fully saturated rings. The number of benzene rings is 1. The van der Waals surface area contributed by atoms with E-state index in [1.165, 1.54) is 6.07 Å². The van der Waals surface area contributed by atoms with Crippen LogP contribution in [0.25, 0.3) is 0 Å². The van der Waals surface area contributed by atoms with Crippen molar-refractivity contribution < 1.29 is 9.18 Å². The van der Waals surface area contributed by atoms with Crippen LogP contribution in [0.3, 0.4) is 0 Å². The van der Waals surface area contributed by atoms with Crippen LogP contribution in [0.1, 0.15) is 31.2 Å². The van der Waals surface area contributed by atoms with Gasteiger partial charge in [-0.3, -0.25) is 4.79 Å². The summed E-state index contributed by atoms with van der Waals surface area (Å²) in [6, 6.07) is 8.78. The zero-order valence-electron chi connectivity index (χ0n) is 17.6. The van der Waals surface area contributed by atoms with Gasteiger partial charge in [-0.05, 0) is 58.0 Å². The van der Waals surface area contributed by atoms with E-state index in [0.29, 0.717) is 12.1 Å². The molecule has 6 nitrogen and oxygen atoms in total. The Morgan fingerprint density at radius 1 is 1.03 bits per heavy atom. The Morgan fingerprint density at radius 3 is 2.37 bits per heavy atom. The third kappa shape index (κ3) is 4.78. The van der Waals surface area contributed by atoms with Gasteiger partial charge in [0.1, 0.15) is 5.82 Å². The number of rotatable bonds is 5. The molecule has 0 radical (unpaired) electrons. The molecule has 7 heteroatoms. The van der Waals surface area contributed by atoms with E-state index in [9.17, 15) is 9.18 Å². The average Bonchev–Trinajstić information content (AvgIpc) is 2.80. The van der Waals surface area contributed by atoms with Crippen LogP contribution in [-0.2, 0) is 11.3 Å². The largest absolute Gasteiger partial charge is 0.341 e. The fraction of sp³-hybridized carbons (Fsp3) is 0.522. The Bertz CT molecular complexity index is 832. The van der Waals surface area contributed by atoms with Crippen LogP contribution in [0.2, 0.25) is 0 Å². The molecule has 1 aromatic carbocycles. The monoisotopic (exact) mass is 411 g/mol. The second-order valence-corrected chi connectivity index (χ2v) is 8.40. The molecule has 1 amide bonds. The molecule has 0 atom stereocenters. The van der Waals surface area contributed by atoms with Crippen molar-refractivity contribution in [3.05, 3.63) is 54.1 Å². The topological polar surface area (TPSA) is 52.6 Å². The summed E-state index contributed by atoms with van der Waals surface area (Å²) in [5.41, 5.74) is 0.597. The smallest absolute Gasteiger partial charge is 0.226 e. The van der Waals surface area contributed by atoms with Crippen molar-refractivity contribution in [3.63, 3.8) is 0 Å². The second kappa shape index (κ2) is 9.51. The highest BCUT2D eigenvalue weighted by atomic mass is 19.1. The van der Waals surface area contributed by atoms with Crippen molar-refractivity contribution in [1.29, 1.82) is 0 Å². The molecule has 0 N–H and O–H groups in total. The van der Waals surface area contributed by atoms with Crippen LogP contribution in [0.4, 0.5) is 10.3 Å². The van der Waals surface area contributed by atoms with E-state index in [2.05, 4.69) is 26.8 Å². The first-order valence-electron chi connectivity index (χ1n) is 10.9. The van der Waals surface area contributed by atoms with Gasteiger partial charge in [-0.2, -0.15) is 0 Å². The SMILES string of the molecule is CN1CCC(N(Cc2ccccc2F)C(=O)C2CCN(c3ncccn3)CC2)CC1. The molecular formula is C23H30FN5O. The predicted octanol–water partition coefficient (Wildman–Crippen LogP) is 2.96. The van der Waals surface area contributed by atoms with Gasteiger partial charge in [-0.25, -0.2) is 14.4 Å². The summed E-state index contributed by atoms with van der Waals surface area (Å²) in [5, 5.41) is 0. The standard InChI is InChI=1S/C23H30FN5O/c1-27-13-9-20(10-14-27)29(17-19-5-2-3-6-21(19)24)22(30)18-7-15-28(16-8-18)23-25-11-4-12-26-23/h2-6,11-12,18,20H,7-10,13-17H2,1H3. The quantitative estimate of drug-likeness (QED) is 0.757. The van der Waals surface area contributed by atoms with E-state index in [1.807, 2.05) is 17.0 Å². The predicted molar refractivity (Wildman–Crippen MR) is 114 cm³/mol. The number of hydrogen-bond acceptors (Lipinski definition) is 5. The highest BCUT2D eigenvalue weighted by Gasteiger charge is 2.34. The van der Waals surface area contributed by atoms with Gasteiger partial charge in [0, 0.05) is 49.6 Å². The summed E-state index contributed by atoms with van der Waals surface area (Å²) < 4.78 is 14.4. The number of hydrogen-bond donors (Lipinski definition) is 0. The summed E-state index contributed by atoms with van der Waals surface area (Å²) in [7, 11) is 2.11. The molecule has 2 aliphatic heterocycles. The zero-order valence-corrected chi connectivity index (χ0v) is 17.6. The van der Waals surface area contributed by atoms with Crippen molar-refractivity contribution in [2.24, 2.45) is 5.92 Å². The lowest BCUT2D eigenvalue weighted by molar-refractivity contribution is -0.140. The van der Waals surface area contributed by atoms with Gasteiger partial charge in [-0.1, -0.05) is 18.2 Å². The number of carbonyl (C=O) groups excluding carboxylic acids is 1. The number of anilines is 1. The lowest BCUT2D eigenvalue weighted by Crippen LogP contribution is -2.50. The summed E-state index contributed by atoms with van der Waals surface area (Å²) in [6.07, 6.45) is 6.92. The van der Waals surface area contributed by atoms with Gasteiger partial charge in [-0.15, -0.1) is 0 Å². The van der Waals surface area contributed by atoms with Crippen LogP contribution in [0, 0.1) is 11.7 Å². The van der Waals surface area contributed by atoms with Gasteiger partial charge < -0.3 is 14.7 Å². The number of likely N-dealkylation sites (tertiary alicyclic amines) is 1. The normalized spacial score (nSPS) is 19.1. The number of amides is 1. The minimum Gasteiger partial charge on any atom is -0.341 e. The van der Waals surface area contributed by atoms with Crippen molar-refractivity contribution in [2.75, 3.05) is 38.1 Å².